The number of aryl methyl sites for hydroxylation is 1. The van der Waals surface area contributed by atoms with Gasteiger partial charge in [-0.05, 0) is 50.7 Å². The van der Waals surface area contributed by atoms with E-state index in [1.54, 1.807) is 0 Å². The number of nitrogens with one attached hydrogen (secondary N) is 1. The lowest BCUT2D eigenvalue weighted by molar-refractivity contribution is -0.124. The second-order valence-electron chi connectivity index (χ2n) is 6.03. The van der Waals surface area contributed by atoms with Crippen LogP contribution in [0.15, 0.2) is 24.3 Å². The van der Waals surface area contributed by atoms with Crippen molar-refractivity contribution < 1.29 is 9.53 Å². The van der Waals surface area contributed by atoms with Crippen molar-refractivity contribution in [2.45, 2.75) is 57.5 Å². The number of primary amides is 1. The maximum atomic E-state index is 11.7. The van der Waals surface area contributed by atoms with E-state index < -0.39 is 5.54 Å². The number of carbonyl (C=O) groups excluding carboxylic acids is 1. The predicted molar refractivity (Wildman–Crippen MR) is 84.3 cm³/mol. The van der Waals surface area contributed by atoms with Crippen LogP contribution in [0.2, 0.25) is 0 Å². The summed E-state index contributed by atoms with van der Waals surface area (Å²) in [6.45, 7) is 4.62. The Morgan fingerprint density at radius 2 is 2.14 bits per heavy atom. The molecule has 0 bridgehead atoms. The van der Waals surface area contributed by atoms with Gasteiger partial charge >= 0.3 is 0 Å². The zero-order valence-corrected chi connectivity index (χ0v) is 13.0. The summed E-state index contributed by atoms with van der Waals surface area (Å²) in [5.41, 5.74) is 6.14. The van der Waals surface area contributed by atoms with E-state index in [4.69, 9.17) is 10.5 Å². The second-order valence-corrected chi connectivity index (χ2v) is 6.03. The Hall–Kier alpha value is -1.55. The van der Waals surface area contributed by atoms with Crippen LogP contribution < -0.4 is 15.8 Å². The van der Waals surface area contributed by atoms with Crippen molar-refractivity contribution in [1.29, 1.82) is 0 Å². The molecule has 1 aromatic carbocycles. The molecule has 0 aromatic heterocycles. The maximum absolute atomic E-state index is 11.7. The normalized spacial score (nSPS) is 17.2. The third kappa shape index (κ3) is 4.46. The van der Waals surface area contributed by atoms with Crippen LogP contribution >= 0.6 is 0 Å². The third-order valence-electron chi connectivity index (χ3n) is 4.08. The number of amides is 1. The summed E-state index contributed by atoms with van der Waals surface area (Å²) >= 11 is 0. The summed E-state index contributed by atoms with van der Waals surface area (Å²) in [5, 5.41) is 3.36. The Bertz CT molecular complexity index is 485. The van der Waals surface area contributed by atoms with Crippen LogP contribution in [0.25, 0.3) is 0 Å². The molecule has 4 heteroatoms. The topological polar surface area (TPSA) is 64.3 Å². The van der Waals surface area contributed by atoms with Gasteiger partial charge in [-0.3, -0.25) is 4.79 Å². The van der Waals surface area contributed by atoms with E-state index in [1.165, 1.54) is 5.56 Å². The summed E-state index contributed by atoms with van der Waals surface area (Å²) in [6.07, 6.45) is 4.75. The SMILES string of the molecule is CCc1ccccc1OCCCC(C)(NC1CC1)C(N)=O. The van der Waals surface area contributed by atoms with Crippen molar-refractivity contribution in [2.24, 2.45) is 5.73 Å². The number of para-hydroxylation sites is 1. The lowest BCUT2D eigenvalue weighted by atomic mass is 9.95. The fourth-order valence-electron chi connectivity index (χ4n) is 2.49. The highest BCUT2D eigenvalue weighted by Gasteiger charge is 2.36. The minimum Gasteiger partial charge on any atom is -0.493 e. The van der Waals surface area contributed by atoms with E-state index >= 15 is 0 Å². The van der Waals surface area contributed by atoms with E-state index in [9.17, 15) is 4.79 Å². The summed E-state index contributed by atoms with van der Waals surface area (Å²) in [5.74, 6) is 0.666. The largest absolute Gasteiger partial charge is 0.493 e. The molecule has 1 saturated carbocycles. The van der Waals surface area contributed by atoms with E-state index in [0.29, 0.717) is 19.1 Å². The van der Waals surface area contributed by atoms with E-state index in [-0.39, 0.29) is 5.91 Å². The van der Waals surface area contributed by atoms with Gasteiger partial charge < -0.3 is 15.8 Å². The minimum atomic E-state index is -0.616. The molecular formula is C17H26N2O2. The van der Waals surface area contributed by atoms with Gasteiger partial charge in [0.15, 0.2) is 0 Å². The maximum Gasteiger partial charge on any atom is 0.237 e. The number of hydrogen-bond donors (Lipinski definition) is 2. The zero-order chi connectivity index (χ0) is 15.3. The average Bonchev–Trinajstić information content (AvgIpc) is 3.27. The molecule has 1 aromatic rings. The molecule has 4 nitrogen and oxygen atoms in total. The van der Waals surface area contributed by atoms with Gasteiger partial charge in [0.1, 0.15) is 5.75 Å². The van der Waals surface area contributed by atoms with Gasteiger partial charge in [-0.1, -0.05) is 25.1 Å². The molecule has 0 heterocycles. The summed E-state index contributed by atoms with van der Waals surface area (Å²) < 4.78 is 5.84. The standard InChI is InChI=1S/C17H26N2O2/c1-3-13-7-4-5-8-15(13)21-12-6-11-17(2,16(18)20)19-14-9-10-14/h4-5,7-8,14,19H,3,6,9-12H2,1-2H3,(H2,18,20). The fourth-order valence-corrected chi connectivity index (χ4v) is 2.49. The molecule has 116 valence electrons. The monoisotopic (exact) mass is 290 g/mol. The molecule has 1 amide bonds. The first-order chi connectivity index (χ1) is 10.0. The molecule has 0 radical (unpaired) electrons. The molecule has 0 aliphatic heterocycles. The number of hydrogen-bond acceptors (Lipinski definition) is 3. The summed E-state index contributed by atoms with van der Waals surface area (Å²) in [4.78, 5) is 11.7. The zero-order valence-electron chi connectivity index (χ0n) is 13.0. The van der Waals surface area contributed by atoms with Crippen molar-refractivity contribution in [2.75, 3.05) is 6.61 Å². The number of benzene rings is 1. The van der Waals surface area contributed by atoms with Crippen LogP contribution in [0.3, 0.4) is 0 Å². The Morgan fingerprint density at radius 1 is 1.43 bits per heavy atom. The Kier molecular flexibility index (Phi) is 5.23. The van der Waals surface area contributed by atoms with Gasteiger partial charge in [0.25, 0.3) is 0 Å². The van der Waals surface area contributed by atoms with Crippen molar-refractivity contribution >= 4 is 5.91 Å². The quantitative estimate of drug-likeness (QED) is 0.686. The third-order valence-corrected chi connectivity index (χ3v) is 4.08. The van der Waals surface area contributed by atoms with Crippen LogP contribution in [0.4, 0.5) is 0 Å². The van der Waals surface area contributed by atoms with Crippen LogP contribution in [-0.2, 0) is 11.2 Å². The molecule has 0 spiro atoms. The molecule has 1 aliphatic carbocycles. The Labute approximate surface area is 127 Å². The molecule has 1 unspecified atom stereocenters. The Balaban J connectivity index is 1.81. The number of rotatable bonds is 9. The predicted octanol–water partition coefficient (Wildman–Crippen LogP) is 2.40. The van der Waals surface area contributed by atoms with Gasteiger partial charge in [0, 0.05) is 6.04 Å². The smallest absolute Gasteiger partial charge is 0.237 e. The first kappa shape index (κ1) is 15.8. The van der Waals surface area contributed by atoms with Crippen LogP contribution in [-0.4, -0.2) is 24.1 Å². The molecule has 2 rings (SSSR count). The van der Waals surface area contributed by atoms with Gasteiger partial charge in [0.2, 0.25) is 5.91 Å². The first-order valence-corrected chi connectivity index (χ1v) is 7.83. The van der Waals surface area contributed by atoms with Crippen molar-refractivity contribution in [1.82, 2.24) is 5.32 Å². The first-order valence-electron chi connectivity index (χ1n) is 7.83. The van der Waals surface area contributed by atoms with E-state index in [0.717, 1.165) is 31.4 Å². The highest BCUT2D eigenvalue weighted by atomic mass is 16.5. The number of nitrogens with two attached hydrogens (primary N) is 1. The molecule has 3 N–H and O–H groups in total. The molecule has 1 atom stereocenters. The number of carbonyl (C=O) groups is 1. The minimum absolute atomic E-state index is 0.275. The highest BCUT2D eigenvalue weighted by molar-refractivity contribution is 5.84. The summed E-state index contributed by atoms with van der Waals surface area (Å²) in [6, 6.07) is 8.54. The molecule has 0 saturated heterocycles. The van der Waals surface area contributed by atoms with Crippen LogP contribution in [0, 0.1) is 0 Å². The Morgan fingerprint density at radius 3 is 2.76 bits per heavy atom. The van der Waals surface area contributed by atoms with Crippen LogP contribution in [0.5, 0.6) is 5.75 Å². The second kappa shape index (κ2) is 6.94. The lowest BCUT2D eigenvalue weighted by Gasteiger charge is -2.27. The van der Waals surface area contributed by atoms with Gasteiger partial charge in [-0.15, -0.1) is 0 Å². The van der Waals surface area contributed by atoms with Crippen LogP contribution in [0.1, 0.15) is 45.1 Å². The molecular weight excluding hydrogens is 264 g/mol. The number of ether oxygens (including phenoxy) is 1. The lowest BCUT2D eigenvalue weighted by Crippen LogP contribution is -2.54. The van der Waals surface area contributed by atoms with Gasteiger partial charge in [0.05, 0.1) is 12.1 Å². The van der Waals surface area contributed by atoms with Crippen molar-refractivity contribution in [3.05, 3.63) is 29.8 Å². The van der Waals surface area contributed by atoms with Gasteiger partial charge in [-0.2, -0.15) is 0 Å². The van der Waals surface area contributed by atoms with Crippen molar-refractivity contribution in [3.63, 3.8) is 0 Å². The van der Waals surface area contributed by atoms with E-state index in [2.05, 4.69) is 18.3 Å². The fraction of sp³-hybridized carbons (Fsp3) is 0.588. The van der Waals surface area contributed by atoms with E-state index in [1.807, 2.05) is 25.1 Å². The highest BCUT2D eigenvalue weighted by Crippen LogP contribution is 2.25. The molecule has 1 fully saturated rings. The summed E-state index contributed by atoms with van der Waals surface area (Å²) in [7, 11) is 0. The van der Waals surface area contributed by atoms with Crippen molar-refractivity contribution in [3.8, 4) is 5.75 Å². The molecule has 21 heavy (non-hydrogen) atoms. The average molecular weight is 290 g/mol. The van der Waals surface area contributed by atoms with Gasteiger partial charge in [-0.25, -0.2) is 0 Å². The molecule has 1 aliphatic rings.